The molecule has 2 heteroatoms. The molecule has 0 fully saturated rings. The van der Waals surface area contributed by atoms with Crippen LogP contribution in [0.25, 0.3) is 0 Å². The molecule has 0 aromatic rings. The largest absolute Gasteiger partial charge is 0.478 e. The zero-order valence-electron chi connectivity index (χ0n) is 9.60. The molecule has 2 aliphatic carbocycles. The molecule has 0 saturated carbocycles. The average molecular weight is 218 g/mol. The second-order valence-corrected chi connectivity index (χ2v) is 3.27. The van der Waals surface area contributed by atoms with E-state index in [2.05, 4.69) is 55.2 Å². The van der Waals surface area contributed by atoms with Crippen molar-refractivity contribution in [1.29, 1.82) is 0 Å². The maximum absolute atomic E-state index is 9.60. The third-order valence-corrected chi connectivity index (χ3v) is 1.68. The van der Waals surface area contributed by atoms with Crippen LogP contribution in [0.3, 0.4) is 0 Å². The maximum Gasteiger partial charge on any atom is 0.330 e. The average Bonchev–Trinajstić information content (AvgIpc) is 2.97. The van der Waals surface area contributed by atoms with E-state index < -0.39 is 5.97 Å². The normalized spacial score (nSPS) is 13.8. The Labute approximate surface area is 97.0 Å². The summed E-state index contributed by atoms with van der Waals surface area (Å²) in [7, 11) is 0. The van der Waals surface area contributed by atoms with Gasteiger partial charge in [-0.2, -0.15) is 0 Å². The first-order valence-corrected chi connectivity index (χ1v) is 5.16. The summed E-state index contributed by atoms with van der Waals surface area (Å²) in [5.74, 6) is -0.935. The van der Waals surface area contributed by atoms with Crippen LogP contribution in [0.4, 0.5) is 0 Å². The van der Waals surface area contributed by atoms with Gasteiger partial charge < -0.3 is 5.11 Å². The Morgan fingerprint density at radius 1 is 1.00 bits per heavy atom. The topological polar surface area (TPSA) is 37.3 Å². The van der Waals surface area contributed by atoms with Crippen molar-refractivity contribution in [1.82, 2.24) is 0 Å². The predicted molar refractivity (Wildman–Crippen MR) is 68.2 cm³/mol. The fourth-order valence-corrected chi connectivity index (χ4v) is 0.786. The molecule has 0 heterocycles. The molecule has 0 aromatic heterocycles. The fraction of sp³-hybridized carbons (Fsp3) is 0.214. The van der Waals surface area contributed by atoms with Gasteiger partial charge in [0.15, 0.2) is 0 Å². The van der Waals surface area contributed by atoms with Gasteiger partial charge in [-0.3, -0.25) is 0 Å². The number of aliphatic carboxylic acids is 1. The van der Waals surface area contributed by atoms with Gasteiger partial charge >= 0.3 is 5.97 Å². The smallest absolute Gasteiger partial charge is 0.330 e. The SMILES string of the molecule is C1=CCC=C1.C1=CCC=C1.C=C(C)C(=O)O. The minimum Gasteiger partial charge on any atom is -0.478 e. The maximum atomic E-state index is 9.60. The minimum absolute atomic E-state index is 0.176. The van der Waals surface area contributed by atoms with Gasteiger partial charge in [0.2, 0.25) is 0 Å². The molecule has 0 bridgehead atoms. The lowest BCUT2D eigenvalue weighted by Gasteiger charge is -1.79. The number of rotatable bonds is 1. The standard InChI is InChI=1S/2C5H6.C4H6O2/c2*1-2-4-5-3-1;1-3(2)4(5)6/h2*1-4H,5H2;1H2,2H3,(H,5,6). The first-order valence-electron chi connectivity index (χ1n) is 5.16. The lowest BCUT2D eigenvalue weighted by molar-refractivity contribution is -0.132. The van der Waals surface area contributed by atoms with Crippen molar-refractivity contribution in [3.63, 3.8) is 0 Å². The molecule has 2 aliphatic rings. The highest BCUT2D eigenvalue weighted by Gasteiger charge is 1.90. The first-order chi connectivity index (χ1) is 7.64. The molecule has 0 aliphatic heterocycles. The van der Waals surface area contributed by atoms with Crippen molar-refractivity contribution in [3.8, 4) is 0 Å². The number of carbonyl (C=O) groups is 1. The van der Waals surface area contributed by atoms with E-state index in [1.807, 2.05) is 0 Å². The second-order valence-electron chi connectivity index (χ2n) is 3.27. The van der Waals surface area contributed by atoms with Crippen molar-refractivity contribution in [3.05, 3.63) is 60.8 Å². The Balaban J connectivity index is 0.000000211. The zero-order chi connectivity index (χ0) is 12.2. The summed E-state index contributed by atoms with van der Waals surface area (Å²) in [6.45, 7) is 4.60. The number of hydrogen-bond donors (Lipinski definition) is 1. The van der Waals surface area contributed by atoms with E-state index in [9.17, 15) is 4.79 Å². The van der Waals surface area contributed by atoms with Crippen molar-refractivity contribution in [2.45, 2.75) is 19.8 Å². The first kappa shape index (κ1) is 14.2. The van der Waals surface area contributed by atoms with Crippen molar-refractivity contribution < 1.29 is 9.90 Å². The van der Waals surface area contributed by atoms with E-state index >= 15 is 0 Å². The zero-order valence-corrected chi connectivity index (χ0v) is 9.60. The van der Waals surface area contributed by atoms with E-state index in [4.69, 9.17) is 5.11 Å². The highest BCUT2D eigenvalue weighted by Crippen LogP contribution is 1.93. The Kier molecular flexibility index (Phi) is 8.60. The molecule has 0 aromatic carbocycles. The van der Waals surface area contributed by atoms with E-state index in [-0.39, 0.29) is 5.57 Å². The van der Waals surface area contributed by atoms with Crippen LogP contribution >= 0.6 is 0 Å². The van der Waals surface area contributed by atoms with Crippen LogP contribution in [0, 0.1) is 0 Å². The number of hydrogen-bond acceptors (Lipinski definition) is 1. The molecule has 1 N–H and O–H groups in total. The van der Waals surface area contributed by atoms with E-state index in [0.717, 1.165) is 12.8 Å². The van der Waals surface area contributed by atoms with E-state index in [0.29, 0.717) is 0 Å². The van der Waals surface area contributed by atoms with Crippen LogP contribution < -0.4 is 0 Å². The molecule has 16 heavy (non-hydrogen) atoms. The number of carboxylic acid groups (broad SMARTS) is 1. The lowest BCUT2D eigenvalue weighted by atomic mass is 10.4. The molecule has 0 unspecified atom stereocenters. The summed E-state index contributed by atoms with van der Waals surface area (Å²) in [5.41, 5.74) is 0.176. The summed E-state index contributed by atoms with van der Waals surface area (Å²) in [6.07, 6.45) is 19.0. The van der Waals surface area contributed by atoms with E-state index in [1.165, 1.54) is 6.92 Å². The second kappa shape index (κ2) is 9.71. The van der Waals surface area contributed by atoms with Gasteiger partial charge in [-0.05, 0) is 19.8 Å². The summed E-state index contributed by atoms with van der Waals surface area (Å²) >= 11 is 0. The molecule has 0 spiro atoms. The molecule has 0 atom stereocenters. The monoisotopic (exact) mass is 218 g/mol. The summed E-state index contributed by atoms with van der Waals surface area (Å²) in [6, 6.07) is 0. The van der Waals surface area contributed by atoms with Crippen molar-refractivity contribution in [2.75, 3.05) is 0 Å². The predicted octanol–water partition coefficient (Wildman–Crippen LogP) is 3.65. The van der Waals surface area contributed by atoms with Gasteiger partial charge in [-0.15, -0.1) is 0 Å². The third kappa shape index (κ3) is 10.3. The summed E-state index contributed by atoms with van der Waals surface area (Å²) in [4.78, 5) is 9.60. The molecular formula is C14H18O2. The minimum atomic E-state index is -0.935. The molecule has 86 valence electrons. The summed E-state index contributed by atoms with van der Waals surface area (Å²) < 4.78 is 0. The van der Waals surface area contributed by atoms with Crippen LogP contribution in [-0.4, -0.2) is 11.1 Å². The third-order valence-electron chi connectivity index (χ3n) is 1.68. The van der Waals surface area contributed by atoms with Gasteiger partial charge in [-0.1, -0.05) is 55.2 Å². The Morgan fingerprint density at radius 3 is 1.31 bits per heavy atom. The Hall–Kier alpha value is -1.83. The van der Waals surface area contributed by atoms with Gasteiger partial charge in [0.25, 0.3) is 0 Å². The van der Waals surface area contributed by atoms with Crippen LogP contribution in [0.2, 0.25) is 0 Å². The molecule has 0 saturated heterocycles. The summed E-state index contributed by atoms with van der Waals surface area (Å²) in [5, 5.41) is 7.89. The highest BCUT2D eigenvalue weighted by atomic mass is 16.4. The molecule has 0 amide bonds. The number of carboxylic acids is 1. The van der Waals surface area contributed by atoms with Gasteiger partial charge in [0, 0.05) is 5.57 Å². The van der Waals surface area contributed by atoms with E-state index in [1.54, 1.807) is 0 Å². The molecule has 2 rings (SSSR count). The van der Waals surface area contributed by atoms with Crippen LogP contribution in [-0.2, 0) is 4.79 Å². The highest BCUT2D eigenvalue weighted by molar-refractivity contribution is 5.84. The molecular weight excluding hydrogens is 200 g/mol. The van der Waals surface area contributed by atoms with Crippen LogP contribution in [0.1, 0.15) is 19.8 Å². The Morgan fingerprint density at radius 2 is 1.25 bits per heavy atom. The van der Waals surface area contributed by atoms with Gasteiger partial charge in [0.05, 0.1) is 0 Å². The molecule has 0 radical (unpaired) electrons. The van der Waals surface area contributed by atoms with Gasteiger partial charge in [0.1, 0.15) is 0 Å². The van der Waals surface area contributed by atoms with Crippen molar-refractivity contribution in [2.24, 2.45) is 0 Å². The fourth-order valence-electron chi connectivity index (χ4n) is 0.786. The van der Waals surface area contributed by atoms with Crippen molar-refractivity contribution >= 4 is 5.97 Å². The van der Waals surface area contributed by atoms with Crippen LogP contribution in [0.15, 0.2) is 60.8 Å². The number of allylic oxidation sites excluding steroid dienone is 8. The van der Waals surface area contributed by atoms with Gasteiger partial charge in [-0.25, -0.2) is 4.79 Å². The quantitative estimate of drug-likeness (QED) is 0.682. The molecule has 2 nitrogen and oxygen atoms in total. The van der Waals surface area contributed by atoms with Crippen LogP contribution in [0.5, 0.6) is 0 Å². The lowest BCUT2D eigenvalue weighted by Crippen LogP contribution is -1.92. The Bertz CT molecular complexity index is 277.